The van der Waals surface area contributed by atoms with Crippen LogP contribution in [0.15, 0.2) is 64.5 Å². The zero-order chi connectivity index (χ0) is 13.1. The zero-order valence-electron chi connectivity index (χ0n) is 10.4. The highest BCUT2D eigenvalue weighted by Crippen LogP contribution is 2.27. The highest BCUT2D eigenvalue weighted by atomic mass is 79.9. The third-order valence-electron chi connectivity index (χ3n) is 2.67. The van der Waals surface area contributed by atoms with Crippen molar-refractivity contribution in [3.8, 4) is 11.3 Å². The average Bonchev–Trinajstić information content (AvgIpc) is 2.91. The van der Waals surface area contributed by atoms with Crippen LogP contribution in [0.4, 0.5) is 10.8 Å². The number of rotatable bonds is 3. The number of hydrogen-bond acceptors (Lipinski definition) is 3. The van der Waals surface area contributed by atoms with E-state index in [2.05, 4.69) is 43.7 Å². The van der Waals surface area contributed by atoms with Crippen LogP contribution in [0.25, 0.3) is 11.3 Å². The van der Waals surface area contributed by atoms with Gasteiger partial charge in [0.05, 0.1) is 5.69 Å². The van der Waals surface area contributed by atoms with Crippen LogP contribution < -0.4 is 5.32 Å². The Labute approximate surface area is 136 Å². The highest BCUT2D eigenvalue weighted by molar-refractivity contribution is 9.10. The molecule has 2 aromatic carbocycles. The van der Waals surface area contributed by atoms with E-state index < -0.39 is 0 Å². The van der Waals surface area contributed by atoms with Crippen molar-refractivity contribution >= 4 is 50.5 Å². The third kappa shape index (κ3) is 3.60. The van der Waals surface area contributed by atoms with Crippen molar-refractivity contribution < 1.29 is 0 Å². The Hall–Kier alpha value is -1.36. The fourth-order valence-corrected chi connectivity index (χ4v) is 2.73. The molecular weight excluding hydrogens is 356 g/mol. The summed E-state index contributed by atoms with van der Waals surface area (Å²) in [6.07, 6.45) is 0. The Balaban J connectivity index is 0.00000147. The molecule has 0 bridgehead atoms. The molecule has 0 atom stereocenters. The van der Waals surface area contributed by atoms with Gasteiger partial charge in [-0.25, -0.2) is 4.98 Å². The van der Waals surface area contributed by atoms with E-state index in [0.717, 1.165) is 26.5 Å². The number of benzene rings is 2. The summed E-state index contributed by atoms with van der Waals surface area (Å²) in [7, 11) is 0. The quantitative estimate of drug-likeness (QED) is 0.638. The van der Waals surface area contributed by atoms with E-state index in [-0.39, 0.29) is 12.4 Å². The first-order valence-corrected chi connectivity index (χ1v) is 7.52. The molecule has 20 heavy (non-hydrogen) atoms. The predicted octanol–water partition coefficient (Wildman–Crippen LogP) is 5.74. The molecule has 1 aromatic heterocycles. The number of anilines is 2. The first-order chi connectivity index (χ1) is 9.31. The van der Waals surface area contributed by atoms with Crippen LogP contribution in [0.3, 0.4) is 0 Å². The third-order valence-corrected chi connectivity index (χ3v) is 3.96. The number of aromatic nitrogens is 1. The summed E-state index contributed by atoms with van der Waals surface area (Å²) in [5.41, 5.74) is 3.19. The first-order valence-electron chi connectivity index (χ1n) is 5.85. The van der Waals surface area contributed by atoms with Crippen LogP contribution in [0.5, 0.6) is 0 Å². The van der Waals surface area contributed by atoms with Crippen LogP contribution >= 0.6 is 39.7 Å². The number of nitrogens with zero attached hydrogens (tertiary/aromatic N) is 1. The summed E-state index contributed by atoms with van der Waals surface area (Å²) in [6.45, 7) is 0. The highest BCUT2D eigenvalue weighted by Gasteiger charge is 2.04. The summed E-state index contributed by atoms with van der Waals surface area (Å²) in [6, 6.07) is 18.3. The Morgan fingerprint density at radius 3 is 2.35 bits per heavy atom. The Bertz CT molecular complexity index is 668. The second kappa shape index (κ2) is 6.88. The maximum absolute atomic E-state index is 4.59. The van der Waals surface area contributed by atoms with Gasteiger partial charge in [-0.1, -0.05) is 46.3 Å². The molecule has 0 spiro atoms. The molecule has 0 aliphatic rings. The van der Waals surface area contributed by atoms with Crippen molar-refractivity contribution in [3.05, 3.63) is 64.5 Å². The molecule has 3 aromatic rings. The molecule has 0 saturated carbocycles. The lowest BCUT2D eigenvalue weighted by Gasteiger charge is -2.01. The first kappa shape index (κ1) is 15.0. The molecule has 0 unspecified atom stereocenters. The second-order valence-electron chi connectivity index (χ2n) is 4.04. The van der Waals surface area contributed by atoms with E-state index in [4.69, 9.17) is 0 Å². The topological polar surface area (TPSA) is 24.9 Å². The van der Waals surface area contributed by atoms with Gasteiger partial charge in [0.25, 0.3) is 0 Å². The summed E-state index contributed by atoms with van der Waals surface area (Å²) in [4.78, 5) is 4.59. The van der Waals surface area contributed by atoms with Gasteiger partial charge in [-0.05, 0) is 24.3 Å². The molecule has 0 aliphatic heterocycles. The minimum atomic E-state index is 0. The zero-order valence-corrected chi connectivity index (χ0v) is 13.6. The van der Waals surface area contributed by atoms with Crippen LogP contribution in [0.2, 0.25) is 0 Å². The maximum atomic E-state index is 4.59. The van der Waals surface area contributed by atoms with Gasteiger partial charge in [0, 0.05) is 21.1 Å². The van der Waals surface area contributed by atoms with Crippen LogP contribution in [-0.4, -0.2) is 4.98 Å². The summed E-state index contributed by atoms with van der Waals surface area (Å²) in [5, 5.41) is 6.28. The number of halogens is 2. The van der Waals surface area contributed by atoms with Crippen molar-refractivity contribution in [2.45, 2.75) is 0 Å². The Morgan fingerprint density at radius 2 is 1.65 bits per heavy atom. The molecule has 0 radical (unpaired) electrons. The van der Waals surface area contributed by atoms with Crippen molar-refractivity contribution in [1.82, 2.24) is 4.98 Å². The number of thiazole rings is 1. The van der Waals surface area contributed by atoms with Gasteiger partial charge in [0.15, 0.2) is 5.13 Å². The minimum absolute atomic E-state index is 0. The Kier molecular flexibility index (Phi) is 5.17. The average molecular weight is 368 g/mol. The Morgan fingerprint density at radius 1 is 0.950 bits per heavy atom. The normalized spacial score (nSPS) is 9.85. The van der Waals surface area contributed by atoms with Gasteiger partial charge in [-0.2, -0.15) is 0 Å². The molecule has 0 amide bonds. The second-order valence-corrected chi connectivity index (χ2v) is 5.81. The van der Waals surface area contributed by atoms with E-state index in [1.165, 1.54) is 0 Å². The molecule has 0 saturated heterocycles. The fourth-order valence-electron chi connectivity index (χ4n) is 1.73. The molecule has 0 aliphatic carbocycles. The smallest absolute Gasteiger partial charge is 0.187 e. The lowest BCUT2D eigenvalue weighted by molar-refractivity contribution is 1.38. The largest absolute Gasteiger partial charge is 0.332 e. The minimum Gasteiger partial charge on any atom is -0.332 e. The lowest BCUT2D eigenvalue weighted by Crippen LogP contribution is -1.88. The van der Waals surface area contributed by atoms with E-state index in [0.29, 0.717) is 0 Å². The van der Waals surface area contributed by atoms with Crippen molar-refractivity contribution in [3.63, 3.8) is 0 Å². The van der Waals surface area contributed by atoms with Gasteiger partial charge in [0.1, 0.15) is 0 Å². The van der Waals surface area contributed by atoms with E-state index in [9.17, 15) is 0 Å². The SMILES string of the molecule is Brc1ccc(Nc2nc(-c3ccccc3)cs2)cc1.Cl. The van der Waals surface area contributed by atoms with Gasteiger partial charge in [-0.15, -0.1) is 23.7 Å². The van der Waals surface area contributed by atoms with Crippen LogP contribution in [0.1, 0.15) is 0 Å². The van der Waals surface area contributed by atoms with Crippen molar-refractivity contribution in [2.24, 2.45) is 0 Å². The van der Waals surface area contributed by atoms with Crippen LogP contribution in [-0.2, 0) is 0 Å². The van der Waals surface area contributed by atoms with Gasteiger partial charge >= 0.3 is 0 Å². The summed E-state index contributed by atoms with van der Waals surface area (Å²) >= 11 is 5.03. The molecular formula is C15H12BrClN2S. The van der Waals surface area contributed by atoms with Crippen molar-refractivity contribution in [1.29, 1.82) is 0 Å². The van der Waals surface area contributed by atoms with E-state index in [1.807, 2.05) is 42.5 Å². The predicted molar refractivity (Wildman–Crippen MR) is 92.2 cm³/mol. The molecule has 5 heteroatoms. The number of hydrogen-bond donors (Lipinski definition) is 1. The molecule has 0 fully saturated rings. The monoisotopic (exact) mass is 366 g/mol. The number of nitrogens with one attached hydrogen (secondary N) is 1. The van der Waals surface area contributed by atoms with Gasteiger partial charge in [0.2, 0.25) is 0 Å². The molecule has 1 heterocycles. The van der Waals surface area contributed by atoms with Crippen molar-refractivity contribution in [2.75, 3.05) is 5.32 Å². The summed E-state index contributed by atoms with van der Waals surface area (Å²) in [5.74, 6) is 0. The molecule has 102 valence electrons. The molecule has 2 nitrogen and oxygen atoms in total. The molecule has 1 N–H and O–H groups in total. The maximum Gasteiger partial charge on any atom is 0.187 e. The van der Waals surface area contributed by atoms with Gasteiger partial charge < -0.3 is 5.32 Å². The van der Waals surface area contributed by atoms with Crippen LogP contribution in [0, 0.1) is 0 Å². The van der Waals surface area contributed by atoms with E-state index >= 15 is 0 Å². The standard InChI is InChI=1S/C15H11BrN2S.ClH/c16-12-6-8-13(9-7-12)17-15-18-14(10-19-15)11-4-2-1-3-5-11;/h1-10H,(H,17,18);1H. The molecule has 3 rings (SSSR count). The summed E-state index contributed by atoms with van der Waals surface area (Å²) < 4.78 is 1.07. The fraction of sp³-hybridized carbons (Fsp3) is 0. The van der Waals surface area contributed by atoms with Gasteiger partial charge in [-0.3, -0.25) is 0 Å². The lowest BCUT2D eigenvalue weighted by atomic mass is 10.2. The van der Waals surface area contributed by atoms with E-state index in [1.54, 1.807) is 11.3 Å².